The molecule has 7 nitrogen and oxygen atoms in total. The molecule has 0 bridgehead atoms. The fourth-order valence-corrected chi connectivity index (χ4v) is 2.14. The monoisotopic (exact) mass is 367 g/mol. The number of nitrogens with zero attached hydrogens (tertiary/aromatic N) is 3. The van der Waals surface area contributed by atoms with E-state index in [-0.39, 0.29) is 29.6 Å². The third kappa shape index (κ3) is 4.98. The quantitative estimate of drug-likeness (QED) is 0.727. The first-order chi connectivity index (χ1) is 11.5. The number of carbonyl (C=O) groups excluding carboxylic acids is 1. The Morgan fingerprint density at radius 1 is 1.29 bits per heavy atom. The molecule has 2 aromatic rings. The highest BCUT2D eigenvalue weighted by Gasteiger charge is 2.10. The lowest BCUT2D eigenvalue weighted by Crippen LogP contribution is -2.24. The van der Waals surface area contributed by atoms with Crippen LogP contribution in [0.15, 0.2) is 35.1 Å². The van der Waals surface area contributed by atoms with Crippen molar-refractivity contribution in [3.8, 4) is 17.7 Å². The summed E-state index contributed by atoms with van der Waals surface area (Å²) >= 11 is 11.7. The third-order valence-corrected chi connectivity index (χ3v) is 3.27. The number of nitriles is 1. The van der Waals surface area contributed by atoms with Crippen LogP contribution in [0.4, 0.5) is 0 Å². The molecule has 1 aromatic heterocycles. The Morgan fingerprint density at radius 2 is 2.08 bits per heavy atom. The van der Waals surface area contributed by atoms with Gasteiger partial charge in [-0.05, 0) is 18.2 Å². The van der Waals surface area contributed by atoms with E-state index in [1.807, 2.05) is 6.07 Å². The standard InChI is InChI=1S/C15H11Cl2N3O4/c16-10-2-3-12(11(17)8-10)23-9-15(22)24-13-4-5-14(21)20(19-13)7-1-6-18/h2-5,8H,1,7,9H2. The van der Waals surface area contributed by atoms with Gasteiger partial charge in [0, 0.05) is 17.2 Å². The highest BCUT2D eigenvalue weighted by molar-refractivity contribution is 6.35. The average molecular weight is 368 g/mol. The molecule has 0 unspecified atom stereocenters. The Labute approximate surface area is 146 Å². The number of esters is 1. The predicted molar refractivity (Wildman–Crippen MR) is 86.3 cm³/mol. The lowest BCUT2D eigenvalue weighted by Gasteiger charge is -2.08. The average Bonchev–Trinajstić information content (AvgIpc) is 2.54. The summed E-state index contributed by atoms with van der Waals surface area (Å²) in [5, 5.41) is 13.1. The number of ether oxygens (including phenoxy) is 2. The van der Waals surface area contributed by atoms with Gasteiger partial charge in [0.05, 0.1) is 24.1 Å². The molecule has 0 aliphatic rings. The first kappa shape index (κ1) is 17.8. The molecule has 0 N–H and O–H groups in total. The molecule has 1 heterocycles. The van der Waals surface area contributed by atoms with Gasteiger partial charge in [0.1, 0.15) is 5.75 Å². The van der Waals surface area contributed by atoms with Crippen LogP contribution < -0.4 is 15.0 Å². The van der Waals surface area contributed by atoms with Crippen LogP contribution in [0.5, 0.6) is 11.6 Å². The third-order valence-electron chi connectivity index (χ3n) is 2.74. The summed E-state index contributed by atoms with van der Waals surface area (Å²) in [4.78, 5) is 23.3. The molecular formula is C15H11Cl2N3O4. The van der Waals surface area contributed by atoms with Gasteiger partial charge in [-0.15, -0.1) is 5.10 Å². The predicted octanol–water partition coefficient (Wildman–Crippen LogP) is 2.45. The molecule has 9 heteroatoms. The zero-order valence-corrected chi connectivity index (χ0v) is 13.8. The minimum absolute atomic E-state index is 0.0663. The molecular weight excluding hydrogens is 357 g/mol. The van der Waals surface area contributed by atoms with Gasteiger partial charge >= 0.3 is 5.97 Å². The van der Waals surface area contributed by atoms with E-state index in [0.717, 1.165) is 4.68 Å². The zero-order valence-electron chi connectivity index (χ0n) is 12.2. The molecule has 0 saturated carbocycles. The molecule has 0 atom stereocenters. The van der Waals surface area contributed by atoms with Crippen molar-refractivity contribution in [1.29, 1.82) is 5.26 Å². The van der Waals surface area contributed by atoms with E-state index in [2.05, 4.69) is 5.10 Å². The van der Waals surface area contributed by atoms with Crippen LogP contribution in [0.2, 0.25) is 10.0 Å². The Balaban J connectivity index is 1.97. The van der Waals surface area contributed by atoms with Gasteiger partial charge in [-0.3, -0.25) is 4.79 Å². The second-order valence-electron chi connectivity index (χ2n) is 4.48. The number of halogens is 2. The smallest absolute Gasteiger partial charge is 0.350 e. The SMILES string of the molecule is N#CCCn1nc(OC(=O)COc2ccc(Cl)cc2Cl)ccc1=O. The van der Waals surface area contributed by atoms with Crippen molar-refractivity contribution in [2.75, 3.05) is 6.61 Å². The van der Waals surface area contributed by atoms with Crippen molar-refractivity contribution >= 4 is 29.2 Å². The second-order valence-corrected chi connectivity index (χ2v) is 5.32. The lowest BCUT2D eigenvalue weighted by molar-refractivity contribution is -0.137. The van der Waals surface area contributed by atoms with E-state index in [0.29, 0.717) is 5.02 Å². The number of hydrogen-bond acceptors (Lipinski definition) is 6. The van der Waals surface area contributed by atoms with Gasteiger partial charge in [0.15, 0.2) is 6.61 Å². The zero-order chi connectivity index (χ0) is 17.5. The highest BCUT2D eigenvalue weighted by Crippen LogP contribution is 2.27. The molecule has 0 radical (unpaired) electrons. The van der Waals surface area contributed by atoms with Gasteiger partial charge in [0.2, 0.25) is 5.88 Å². The molecule has 24 heavy (non-hydrogen) atoms. The van der Waals surface area contributed by atoms with Gasteiger partial charge in [-0.25, -0.2) is 9.48 Å². The van der Waals surface area contributed by atoms with Gasteiger partial charge in [-0.1, -0.05) is 23.2 Å². The molecule has 0 saturated heterocycles. The van der Waals surface area contributed by atoms with E-state index in [1.54, 1.807) is 6.07 Å². The normalized spacial score (nSPS) is 10.0. The fourth-order valence-electron chi connectivity index (χ4n) is 1.68. The summed E-state index contributed by atoms with van der Waals surface area (Å²) in [5.41, 5.74) is -0.394. The van der Waals surface area contributed by atoms with Crippen LogP contribution >= 0.6 is 23.2 Å². The van der Waals surface area contributed by atoms with E-state index < -0.39 is 18.1 Å². The Bertz CT molecular complexity index is 845. The number of aryl methyl sites for hydroxylation is 1. The maximum atomic E-state index is 11.8. The Hall–Kier alpha value is -2.56. The first-order valence-electron chi connectivity index (χ1n) is 6.73. The maximum Gasteiger partial charge on any atom is 0.350 e. The minimum Gasteiger partial charge on any atom is -0.480 e. The van der Waals surface area contributed by atoms with E-state index >= 15 is 0 Å². The molecule has 0 spiro atoms. The molecule has 1 aromatic carbocycles. The van der Waals surface area contributed by atoms with Crippen LogP contribution in [0, 0.1) is 11.3 Å². The van der Waals surface area contributed by atoms with Crippen molar-refractivity contribution in [2.45, 2.75) is 13.0 Å². The summed E-state index contributed by atoms with van der Waals surface area (Å²) in [6, 6.07) is 8.94. The fraction of sp³-hybridized carbons (Fsp3) is 0.200. The first-order valence-corrected chi connectivity index (χ1v) is 7.49. The van der Waals surface area contributed by atoms with Crippen LogP contribution in [-0.4, -0.2) is 22.4 Å². The number of hydrogen-bond donors (Lipinski definition) is 0. The van der Waals surface area contributed by atoms with Crippen LogP contribution in [0.3, 0.4) is 0 Å². The maximum absolute atomic E-state index is 11.8. The summed E-state index contributed by atoms with van der Waals surface area (Å²) in [6.07, 6.45) is 0.114. The van der Waals surface area contributed by atoms with Gasteiger partial charge < -0.3 is 9.47 Å². The van der Waals surface area contributed by atoms with Crippen molar-refractivity contribution in [2.24, 2.45) is 0 Å². The van der Waals surface area contributed by atoms with Crippen molar-refractivity contribution < 1.29 is 14.3 Å². The van der Waals surface area contributed by atoms with Gasteiger partial charge in [-0.2, -0.15) is 5.26 Å². The summed E-state index contributed by atoms with van der Waals surface area (Å²) in [6.45, 7) is -0.294. The molecule has 0 aliphatic carbocycles. The van der Waals surface area contributed by atoms with Crippen molar-refractivity contribution in [3.05, 3.63) is 50.7 Å². The molecule has 2 rings (SSSR count). The summed E-state index contributed by atoms with van der Waals surface area (Å²) < 4.78 is 11.3. The van der Waals surface area contributed by atoms with E-state index in [4.69, 9.17) is 37.9 Å². The highest BCUT2D eigenvalue weighted by atomic mass is 35.5. The summed E-state index contributed by atoms with van der Waals surface area (Å²) in [5.74, 6) is -0.507. The molecule has 124 valence electrons. The molecule has 0 aliphatic heterocycles. The van der Waals surface area contributed by atoms with Gasteiger partial charge in [0.25, 0.3) is 5.56 Å². The summed E-state index contributed by atoms with van der Waals surface area (Å²) in [7, 11) is 0. The molecule has 0 fully saturated rings. The van der Waals surface area contributed by atoms with Crippen LogP contribution in [0.1, 0.15) is 6.42 Å². The molecule has 0 amide bonds. The van der Waals surface area contributed by atoms with Crippen LogP contribution in [0.25, 0.3) is 0 Å². The largest absolute Gasteiger partial charge is 0.480 e. The Kier molecular flexibility index (Phi) is 6.18. The Morgan fingerprint density at radius 3 is 2.79 bits per heavy atom. The van der Waals surface area contributed by atoms with Crippen LogP contribution in [-0.2, 0) is 11.3 Å². The van der Waals surface area contributed by atoms with E-state index in [1.165, 1.54) is 24.3 Å². The second kappa shape index (κ2) is 8.34. The lowest BCUT2D eigenvalue weighted by atomic mass is 10.3. The van der Waals surface area contributed by atoms with Crippen molar-refractivity contribution in [3.63, 3.8) is 0 Å². The number of aromatic nitrogens is 2. The topological polar surface area (TPSA) is 94.2 Å². The number of carbonyl (C=O) groups is 1. The number of benzene rings is 1. The van der Waals surface area contributed by atoms with Crippen molar-refractivity contribution in [1.82, 2.24) is 9.78 Å². The number of rotatable bonds is 6. The van der Waals surface area contributed by atoms with E-state index in [9.17, 15) is 9.59 Å². The minimum atomic E-state index is -0.723.